The second-order valence-corrected chi connectivity index (χ2v) is 4.15. The summed E-state index contributed by atoms with van der Waals surface area (Å²) in [7, 11) is 1.78. The molecule has 4 nitrogen and oxygen atoms in total. The molecule has 0 aliphatic heterocycles. The maximum absolute atomic E-state index is 11.8. The molecule has 1 aromatic carbocycles. The van der Waals surface area contributed by atoms with Crippen LogP contribution in [0.3, 0.4) is 0 Å². The Kier molecular flexibility index (Phi) is 6.47. The summed E-state index contributed by atoms with van der Waals surface area (Å²) < 4.78 is 39.9. The van der Waals surface area contributed by atoms with Gasteiger partial charge in [-0.3, -0.25) is 4.79 Å². The van der Waals surface area contributed by atoms with Gasteiger partial charge < -0.3 is 15.4 Å². The van der Waals surface area contributed by atoms with Gasteiger partial charge in [0, 0.05) is 12.2 Å². The van der Waals surface area contributed by atoms with Gasteiger partial charge in [0.15, 0.2) is 0 Å². The fourth-order valence-corrected chi connectivity index (χ4v) is 1.55. The number of carbonyl (C=O) groups excluding carboxylic acids is 1. The van der Waals surface area contributed by atoms with Gasteiger partial charge in [0.25, 0.3) is 0 Å². The summed E-state index contributed by atoms with van der Waals surface area (Å²) in [6.07, 6.45) is -4.49. The van der Waals surface area contributed by atoms with Crippen LogP contribution in [-0.4, -0.2) is 32.3 Å². The van der Waals surface area contributed by atoms with Gasteiger partial charge in [0.05, 0.1) is 13.0 Å². The molecule has 1 rings (SSSR count). The third-order valence-corrected chi connectivity index (χ3v) is 2.40. The molecule has 0 aliphatic carbocycles. The fourth-order valence-electron chi connectivity index (χ4n) is 1.55. The van der Waals surface area contributed by atoms with E-state index in [4.69, 9.17) is 0 Å². The molecule has 1 aromatic rings. The minimum atomic E-state index is -4.37. The van der Waals surface area contributed by atoms with E-state index in [2.05, 4.69) is 15.4 Å². The molecule has 0 spiro atoms. The molecule has 1 amide bonds. The van der Waals surface area contributed by atoms with Crippen molar-refractivity contribution in [3.63, 3.8) is 0 Å². The lowest BCUT2D eigenvalue weighted by atomic mass is 10.1. The SMILES string of the molecule is CNCc1ccccc1NC(=O)CCOCC(F)(F)F. The van der Waals surface area contributed by atoms with Gasteiger partial charge >= 0.3 is 6.18 Å². The minimum Gasteiger partial charge on any atom is -0.372 e. The number of halogens is 3. The van der Waals surface area contributed by atoms with E-state index in [1.807, 2.05) is 12.1 Å². The Morgan fingerprint density at radius 3 is 2.65 bits per heavy atom. The Bertz CT molecular complexity index is 436. The van der Waals surface area contributed by atoms with Gasteiger partial charge in [-0.2, -0.15) is 13.2 Å². The van der Waals surface area contributed by atoms with Crippen molar-refractivity contribution in [1.29, 1.82) is 0 Å². The van der Waals surface area contributed by atoms with Crippen LogP contribution in [0, 0.1) is 0 Å². The molecule has 0 heterocycles. The van der Waals surface area contributed by atoms with Crippen molar-refractivity contribution in [3.8, 4) is 0 Å². The van der Waals surface area contributed by atoms with Gasteiger partial charge in [-0.15, -0.1) is 0 Å². The van der Waals surface area contributed by atoms with Crippen LogP contribution in [0.2, 0.25) is 0 Å². The second-order valence-electron chi connectivity index (χ2n) is 4.15. The van der Waals surface area contributed by atoms with Crippen molar-refractivity contribution in [1.82, 2.24) is 5.32 Å². The molecule has 0 fully saturated rings. The fraction of sp³-hybridized carbons (Fsp3) is 0.462. The lowest BCUT2D eigenvalue weighted by molar-refractivity contribution is -0.174. The van der Waals surface area contributed by atoms with Crippen LogP contribution < -0.4 is 10.6 Å². The number of benzene rings is 1. The van der Waals surface area contributed by atoms with Crippen molar-refractivity contribution in [2.45, 2.75) is 19.1 Å². The van der Waals surface area contributed by atoms with Crippen LogP contribution in [0.15, 0.2) is 24.3 Å². The Morgan fingerprint density at radius 1 is 1.30 bits per heavy atom. The Hall–Kier alpha value is -1.60. The van der Waals surface area contributed by atoms with Crippen LogP contribution >= 0.6 is 0 Å². The van der Waals surface area contributed by atoms with Crippen LogP contribution in [0.1, 0.15) is 12.0 Å². The zero-order valence-electron chi connectivity index (χ0n) is 11.1. The van der Waals surface area contributed by atoms with Crippen molar-refractivity contribution in [2.75, 3.05) is 25.6 Å². The number of nitrogens with one attached hydrogen (secondary N) is 2. The lowest BCUT2D eigenvalue weighted by Gasteiger charge is -2.11. The number of rotatable bonds is 7. The summed E-state index contributed by atoms with van der Waals surface area (Å²) in [5.41, 5.74) is 1.54. The number of amides is 1. The van der Waals surface area contributed by atoms with Crippen molar-refractivity contribution in [2.24, 2.45) is 0 Å². The Morgan fingerprint density at radius 2 is 2.00 bits per heavy atom. The van der Waals surface area contributed by atoms with Gasteiger partial charge in [0.2, 0.25) is 5.91 Å². The molecule has 0 unspecified atom stereocenters. The average molecular weight is 290 g/mol. The van der Waals surface area contributed by atoms with E-state index in [0.29, 0.717) is 12.2 Å². The first-order valence-corrected chi connectivity index (χ1v) is 6.09. The van der Waals surface area contributed by atoms with Gasteiger partial charge in [0.1, 0.15) is 6.61 Å². The zero-order chi connectivity index (χ0) is 15.0. The number of carbonyl (C=O) groups is 1. The number of anilines is 1. The molecule has 0 atom stereocenters. The first-order chi connectivity index (χ1) is 9.42. The topological polar surface area (TPSA) is 50.4 Å². The second kappa shape index (κ2) is 7.86. The predicted molar refractivity (Wildman–Crippen MR) is 69.3 cm³/mol. The summed E-state index contributed by atoms with van der Waals surface area (Å²) in [6.45, 7) is -1.02. The molecular formula is C13H17F3N2O2. The number of hydrogen-bond donors (Lipinski definition) is 2. The van der Waals surface area contributed by atoms with Crippen LogP contribution in [0.4, 0.5) is 18.9 Å². The molecule has 2 N–H and O–H groups in total. The zero-order valence-corrected chi connectivity index (χ0v) is 11.1. The summed E-state index contributed by atoms with van der Waals surface area (Å²) in [4.78, 5) is 11.6. The van der Waals surface area contributed by atoms with Crippen LogP contribution in [0.5, 0.6) is 0 Å². The first kappa shape index (κ1) is 16.5. The summed E-state index contributed by atoms with van der Waals surface area (Å²) >= 11 is 0. The quantitative estimate of drug-likeness (QED) is 0.758. The predicted octanol–water partition coefficient (Wildman–Crippen LogP) is 2.31. The molecule has 0 aliphatic rings. The maximum Gasteiger partial charge on any atom is 0.411 e. The van der Waals surface area contributed by atoms with E-state index >= 15 is 0 Å². The number of para-hydroxylation sites is 1. The molecule has 0 bridgehead atoms. The molecule has 0 saturated heterocycles. The largest absolute Gasteiger partial charge is 0.411 e. The summed E-state index contributed by atoms with van der Waals surface area (Å²) in [5, 5.41) is 5.62. The highest BCUT2D eigenvalue weighted by Crippen LogP contribution is 2.16. The number of hydrogen-bond acceptors (Lipinski definition) is 3. The van der Waals surface area contributed by atoms with Crippen molar-refractivity contribution in [3.05, 3.63) is 29.8 Å². The number of alkyl halides is 3. The summed E-state index contributed by atoms with van der Waals surface area (Å²) in [6, 6.07) is 7.21. The molecular weight excluding hydrogens is 273 g/mol. The molecule has 0 aromatic heterocycles. The Labute approximate surface area is 115 Å². The highest BCUT2D eigenvalue weighted by Gasteiger charge is 2.27. The average Bonchev–Trinajstić information content (AvgIpc) is 2.36. The van der Waals surface area contributed by atoms with Crippen molar-refractivity contribution < 1.29 is 22.7 Å². The van der Waals surface area contributed by atoms with Gasteiger partial charge in [-0.05, 0) is 18.7 Å². The first-order valence-electron chi connectivity index (χ1n) is 6.09. The lowest BCUT2D eigenvalue weighted by Crippen LogP contribution is -2.20. The van der Waals surface area contributed by atoms with Gasteiger partial charge in [-0.1, -0.05) is 18.2 Å². The van der Waals surface area contributed by atoms with E-state index in [0.717, 1.165) is 5.56 Å². The minimum absolute atomic E-state index is 0.121. The molecule has 20 heavy (non-hydrogen) atoms. The standard InChI is InChI=1S/C13H17F3N2O2/c1-17-8-10-4-2-3-5-11(10)18-12(19)6-7-20-9-13(14,15)16/h2-5,17H,6-9H2,1H3,(H,18,19). The van der Waals surface area contributed by atoms with E-state index in [1.165, 1.54) is 0 Å². The third kappa shape index (κ3) is 6.53. The third-order valence-electron chi connectivity index (χ3n) is 2.40. The monoisotopic (exact) mass is 290 g/mol. The normalized spacial score (nSPS) is 11.4. The smallest absolute Gasteiger partial charge is 0.372 e. The number of ether oxygens (including phenoxy) is 1. The summed E-state index contributed by atoms with van der Waals surface area (Å²) in [5.74, 6) is -0.379. The van der Waals surface area contributed by atoms with Crippen molar-refractivity contribution >= 4 is 11.6 Å². The van der Waals surface area contributed by atoms with E-state index < -0.39 is 12.8 Å². The van der Waals surface area contributed by atoms with E-state index in [-0.39, 0.29) is 18.9 Å². The highest BCUT2D eigenvalue weighted by molar-refractivity contribution is 5.91. The molecule has 7 heteroatoms. The van der Waals surface area contributed by atoms with Gasteiger partial charge in [-0.25, -0.2) is 0 Å². The Balaban J connectivity index is 2.39. The van der Waals surface area contributed by atoms with E-state index in [1.54, 1.807) is 19.2 Å². The van der Waals surface area contributed by atoms with Crippen LogP contribution in [0.25, 0.3) is 0 Å². The molecule has 0 saturated carbocycles. The van der Waals surface area contributed by atoms with E-state index in [9.17, 15) is 18.0 Å². The highest BCUT2D eigenvalue weighted by atomic mass is 19.4. The maximum atomic E-state index is 11.8. The molecule has 112 valence electrons. The molecule has 0 radical (unpaired) electrons. The van der Waals surface area contributed by atoms with Crippen LogP contribution in [-0.2, 0) is 16.1 Å².